The highest BCUT2D eigenvalue weighted by Crippen LogP contribution is 2.22. The lowest BCUT2D eigenvalue weighted by Gasteiger charge is -2.11. The van der Waals surface area contributed by atoms with Crippen molar-refractivity contribution in [1.82, 2.24) is 0 Å². The molecule has 3 aromatic carbocycles. The number of benzene rings is 3. The van der Waals surface area contributed by atoms with Crippen LogP contribution < -0.4 is 0 Å². The minimum atomic E-state index is 0.206. The van der Waals surface area contributed by atoms with Crippen molar-refractivity contribution in [3.63, 3.8) is 0 Å². The van der Waals surface area contributed by atoms with E-state index in [0.29, 0.717) is 6.42 Å². The summed E-state index contributed by atoms with van der Waals surface area (Å²) in [6, 6.07) is 24.3. The van der Waals surface area contributed by atoms with Gasteiger partial charge in [0, 0.05) is 12.0 Å². The van der Waals surface area contributed by atoms with Gasteiger partial charge in [-0.05, 0) is 28.3 Å². The average molecular weight is 274 g/mol. The molecule has 0 spiro atoms. The number of ketones is 1. The van der Waals surface area contributed by atoms with E-state index in [0.717, 1.165) is 10.9 Å². The summed E-state index contributed by atoms with van der Waals surface area (Å²) in [7, 11) is 0. The minimum Gasteiger partial charge on any atom is -0.294 e. The number of hydrogen-bond acceptors (Lipinski definition) is 1. The summed E-state index contributed by atoms with van der Waals surface area (Å²) in [6.07, 6.45) is 0.544. The molecule has 0 amide bonds. The summed E-state index contributed by atoms with van der Waals surface area (Å²) >= 11 is 0. The Balaban J connectivity index is 1.80. The van der Waals surface area contributed by atoms with E-state index in [1.807, 2.05) is 54.6 Å². The van der Waals surface area contributed by atoms with E-state index in [9.17, 15) is 4.79 Å². The third-order valence-corrected chi connectivity index (χ3v) is 3.93. The third-order valence-electron chi connectivity index (χ3n) is 3.93. The van der Waals surface area contributed by atoms with Gasteiger partial charge < -0.3 is 0 Å². The predicted octanol–water partition coefficient (Wildman–Crippen LogP) is 5.22. The largest absolute Gasteiger partial charge is 0.294 e. The summed E-state index contributed by atoms with van der Waals surface area (Å²) in [5.74, 6) is 0.447. The molecule has 21 heavy (non-hydrogen) atoms. The van der Waals surface area contributed by atoms with Crippen LogP contribution in [0.2, 0.25) is 0 Å². The lowest BCUT2D eigenvalue weighted by Crippen LogP contribution is -2.05. The number of Topliss-reactive ketones (excluding diaryl/α,β-unsaturated/α-hetero) is 1. The van der Waals surface area contributed by atoms with Gasteiger partial charge in [0.25, 0.3) is 0 Å². The molecule has 1 unspecified atom stereocenters. The molecule has 0 aliphatic rings. The molecule has 0 radical (unpaired) electrons. The second-order valence-corrected chi connectivity index (χ2v) is 5.50. The molecule has 0 aliphatic carbocycles. The van der Waals surface area contributed by atoms with E-state index in [-0.39, 0.29) is 11.7 Å². The van der Waals surface area contributed by atoms with Crippen molar-refractivity contribution >= 4 is 16.6 Å². The fraction of sp³-hybridized carbons (Fsp3) is 0.150. The number of rotatable bonds is 4. The zero-order chi connectivity index (χ0) is 14.7. The zero-order valence-corrected chi connectivity index (χ0v) is 12.1. The van der Waals surface area contributed by atoms with Crippen LogP contribution >= 0.6 is 0 Å². The molecular weight excluding hydrogens is 256 g/mol. The lowest BCUT2D eigenvalue weighted by molar-refractivity contribution is 0.0976. The second kappa shape index (κ2) is 5.92. The van der Waals surface area contributed by atoms with Crippen LogP contribution in [0.5, 0.6) is 0 Å². The van der Waals surface area contributed by atoms with Crippen molar-refractivity contribution in [3.05, 3.63) is 83.9 Å². The molecule has 3 rings (SSSR count). The third kappa shape index (κ3) is 3.03. The van der Waals surface area contributed by atoms with Gasteiger partial charge in [-0.15, -0.1) is 0 Å². The summed E-state index contributed by atoms with van der Waals surface area (Å²) < 4.78 is 0. The highest BCUT2D eigenvalue weighted by Gasteiger charge is 2.13. The summed E-state index contributed by atoms with van der Waals surface area (Å²) in [4.78, 5) is 12.5. The standard InChI is InChI=1S/C20H18O/c1-15(16-7-3-2-4-8-16)13-20(21)19-12-11-17-9-5-6-10-18(17)14-19/h2-12,14-15H,13H2,1H3. The first-order chi connectivity index (χ1) is 10.2. The van der Waals surface area contributed by atoms with Gasteiger partial charge in [-0.25, -0.2) is 0 Å². The van der Waals surface area contributed by atoms with Crippen molar-refractivity contribution in [2.75, 3.05) is 0 Å². The molecule has 104 valence electrons. The first-order valence-electron chi connectivity index (χ1n) is 7.31. The summed E-state index contributed by atoms with van der Waals surface area (Å²) in [6.45, 7) is 2.11. The molecule has 0 heterocycles. The van der Waals surface area contributed by atoms with Crippen molar-refractivity contribution in [2.45, 2.75) is 19.3 Å². The topological polar surface area (TPSA) is 17.1 Å². The smallest absolute Gasteiger partial charge is 0.163 e. The number of fused-ring (bicyclic) bond motifs is 1. The number of carbonyl (C=O) groups is 1. The maximum absolute atomic E-state index is 12.5. The van der Waals surface area contributed by atoms with Crippen LogP contribution in [-0.2, 0) is 0 Å². The number of hydrogen-bond donors (Lipinski definition) is 0. The zero-order valence-electron chi connectivity index (χ0n) is 12.1. The molecule has 0 fully saturated rings. The molecule has 3 aromatic rings. The molecular formula is C20H18O. The van der Waals surface area contributed by atoms with Gasteiger partial charge in [0.05, 0.1) is 0 Å². The molecule has 0 bridgehead atoms. The van der Waals surface area contributed by atoms with Crippen LogP contribution in [0.15, 0.2) is 72.8 Å². The molecule has 0 saturated carbocycles. The Bertz CT molecular complexity index is 759. The van der Waals surface area contributed by atoms with Gasteiger partial charge in [0.15, 0.2) is 5.78 Å². The Labute approximate surface area is 125 Å². The van der Waals surface area contributed by atoms with Gasteiger partial charge in [0.1, 0.15) is 0 Å². The van der Waals surface area contributed by atoms with Crippen LogP contribution in [0.3, 0.4) is 0 Å². The van der Waals surface area contributed by atoms with Crippen LogP contribution in [0.1, 0.15) is 35.2 Å². The van der Waals surface area contributed by atoms with Crippen molar-refractivity contribution in [1.29, 1.82) is 0 Å². The van der Waals surface area contributed by atoms with Crippen molar-refractivity contribution in [3.8, 4) is 0 Å². The Morgan fingerprint density at radius 1 is 0.857 bits per heavy atom. The molecule has 1 atom stereocenters. The molecule has 0 aliphatic heterocycles. The van der Waals surface area contributed by atoms with Gasteiger partial charge in [-0.2, -0.15) is 0 Å². The molecule has 0 aromatic heterocycles. The summed E-state index contributed by atoms with van der Waals surface area (Å²) in [5.41, 5.74) is 2.02. The molecule has 0 saturated heterocycles. The predicted molar refractivity (Wildman–Crippen MR) is 87.8 cm³/mol. The molecule has 1 nitrogen and oxygen atoms in total. The SMILES string of the molecule is CC(CC(=O)c1ccc2ccccc2c1)c1ccccc1. The maximum atomic E-state index is 12.5. The highest BCUT2D eigenvalue weighted by atomic mass is 16.1. The van der Waals surface area contributed by atoms with E-state index in [4.69, 9.17) is 0 Å². The van der Waals surface area contributed by atoms with E-state index in [1.54, 1.807) is 0 Å². The van der Waals surface area contributed by atoms with Gasteiger partial charge in [-0.1, -0.05) is 73.7 Å². The molecule has 1 heteroatoms. The van der Waals surface area contributed by atoms with Crippen molar-refractivity contribution < 1.29 is 4.79 Å². The fourth-order valence-electron chi connectivity index (χ4n) is 2.66. The van der Waals surface area contributed by atoms with Gasteiger partial charge in [-0.3, -0.25) is 4.79 Å². The normalized spacial score (nSPS) is 12.2. The van der Waals surface area contributed by atoms with Crippen LogP contribution in [0.25, 0.3) is 10.8 Å². The minimum absolute atomic E-state index is 0.206. The van der Waals surface area contributed by atoms with E-state index >= 15 is 0 Å². The number of carbonyl (C=O) groups excluding carboxylic acids is 1. The Hall–Kier alpha value is -2.41. The average Bonchev–Trinajstić information content (AvgIpc) is 2.55. The fourth-order valence-corrected chi connectivity index (χ4v) is 2.66. The van der Waals surface area contributed by atoms with Crippen LogP contribution in [0, 0.1) is 0 Å². The van der Waals surface area contributed by atoms with Gasteiger partial charge in [0.2, 0.25) is 0 Å². The second-order valence-electron chi connectivity index (χ2n) is 5.50. The van der Waals surface area contributed by atoms with Crippen molar-refractivity contribution in [2.24, 2.45) is 0 Å². The van der Waals surface area contributed by atoms with E-state index in [1.165, 1.54) is 10.9 Å². The van der Waals surface area contributed by atoms with Gasteiger partial charge >= 0.3 is 0 Å². The quantitative estimate of drug-likeness (QED) is 0.596. The molecule has 0 N–H and O–H groups in total. The van der Waals surface area contributed by atoms with E-state index < -0.39 is 0 Å². The van der Waals surface area contributed by atoms with Crippen LogP contribution in [0.4, 0.5) is 0 Å². The van der Waals surface area contributed by atoms with Crippen LogP contribution in [-0.4, -0.2) is 5.78 Å². The van der Waals surface area contributed by atoms with E-state index in [2.05, 4.69) is 25.1 Å². The maximum Gasteiger partial charge on any atom is 0.163 e. The first-order valence-corrected chi connectivity index (χ1v) is 7.31. The monoisotopic (exact) mass is 274 g/mol. The Kier molecular flexibility index (Phi) is 3.83. The first kappa shape index (κ1) is 13.6. The highest BCUT2D eigenvalue weighted by molar-refractivity contribution is 6.00. The summed E-state index contributed by atoms with van der Waals surface area (Å²) in [5, 5.41) is 2.29. The Morgan fingerprint density at radius 2 is 1.52 bits per heavy atom. The Morgan fingerprint density at radius 3 is 2.29 bits per heavy atom. The lowest BCUT2D eigenvalue weighted by atomic mass is 9.92.